The fourth-order valence-electron chi connectivity index (χ4n) is 1.04. The number of amides is 1. The van der Waals surface area contributed by atoms with Gasteiger partial charge in [0.2, 0.25) is 0 Å². The largest absolute Gasteiger partial charge is 0.394 e. The smallest absolute Gasteiger partial charge is 0.268 e. The number of hydrogen-bond acceptors (Lipinski definition) is 2. The molecule has 0 radical (unpaired) electrons. The van der Waals surface area contributed by atoms with Crippen LogP contribution in [-0.4, -0.2) is 28.6 Å². The van der Waals surface area contributed by atoms with E-state index in [9.17, 15) is 4.79 Å². The van der Waals surface area contributed by atoms with Gasteiger partial charge in [0.05, 0.1) is 17.7 Å². The van der Waals surface area contributed by atoms with Crippen LogP contribution in [-0.2, 0) is 0 Å². The van der Waals surface area contributed by atoms with E-state index >= 15 is 0 Å². The number of aromatic amines is 1. The van der Waals surface area contributed by atoms with E-state index in [0.717, 1.165) is 0 Å². The lowest BCUT2D eigenvalue weighted by atomic mass is 10.2. The lowest BCUT2D eigenvalue weighted by Gasteiger charge is -2.12. The van der Waals surface area contributed by atoms with Crippen LogP contribution in [0.4, 0.5) is 0 Å². The summed E-state index contributed by atoms with van der Waals surface area (Å²) in [6.07, 6.45) is 2.23. The van der Waals surface area contributed by atoms with Crippen molar-refractivity contribution in [1.29, 1.82) is 0 Å². The van der Waals surface area contributed by atoms with Gasteiger partial charge in [-0.25, -0.2) is 0 Å². The summed E-state index contributed by atoms with van der Waals surface area (Å²) in [5, 5.41) is 12.0. The van der Waals surface area contributed by atoms with Gasteiger partial charge in [-0.2, -0.15) is 0 Å². The fourth-order valence-corrected chi connectivity index (χ4v) is 1.20. The highest BCUT2D eigenvalue weighted by Crippen LogP contribution is 2.09. The molecule has 78 valence electrons. The van der Waals surface area contributed by atoms with Crippen molar-refractivity contribution in [3.05, 3.63) is 23.0 Å². The van der Waals surface area contributed by atoms with Crippen molar-refractivity contribution in [3.63, 3.8) is 0 Å². The maximum Gasteiger partial charge on any atom is 0.268 e. The predicted octanol–water partition coefficient (Wildman–Crippen LogP) is 1.17. The molecule has 0 aliphatic heterocycles. The number of aromatic nitrogens is 1. The molecule has 0 bridgehead atoms. The number of carbonyl (C=O) groups excluding carboxylic acids is 1. The van der Waals surface area contributed by atoms with Crippen LogP contribution >= 0.6 is 11.6 Å². The zero-order valence-electron chi connectivity index (χ0n) is 7.88. The van der Waals surface area contributed by atoms with Gasteiger partial charge in [-0.1, -0.05) is 18.5 Å². The van der Waals surface area contributed by atoms with E-state index < -0.39 is 0 Å². The lowest BCUT2D eigenvalue weighted by Crippen LogP contribution is -2.37. The molecule has 5 heteroatoms. The maximum absolute atomic E-state index is 11.5. The molecule has 3 N–H and O–H groups in total. The van der Waals surface area contributed by atoms with Crippen LogP contribution in [0.3, 0.4) is 0 Å². The Morgan fingerprint density at radius 2 is 2.50 bits per heavy atom. The molecule has 1 aromatic heterocycles. The van der Waals surface area contributed by atoms with E-state index in [4.69, 9.17) is 16.7 Å². The third kappa shape index (κ3) is 2.75. The Morgan fingerprint density at radius 1 is 1.79 bits per heavy atom. The highest BCUT2D eigenvalue weighted by Gasteiger charge is 2.12. The second-order valence-electron chi connectivity index (χ2n) is 2.99. The normalized spacial score (nSPS) is 12.5. The molecule has 0 saturated heterocycles. The summed E-state index contributed by atoms with van der Waals surface area (Å²) >= 11 is 5.65. The highest BCUT2D eigenvalue weighted by molar-refractivity contribution is 6.30. The molecule has 0 saturated carbocycles. The number of aliphatic hydroxyl groups is 1. The van der Waals surface area contributed by atoms with Crippen molar-refractivity contribution < 1.29 is 9.90 Å². The summed E-state index contributed by atoms with van der Waals surface area (Å²) in [5.41, 5.74) is 0.405. The van der Waals surface area contributed by atoms with Gasteiger partial charge < -0.3 is 15.4 Å². The Labute approximate surface area is 87.3 Å². The molecule has 0 spiro atoms. The zero-order chi connectivity index (χ0) is 10.6. The predicted molar refractivity (Wildman–Crippen MR) is 54.4 cm³/mol. The third-order valence-corrected chi connectivity index (χ3v) is 2.16. The minimum absolute atomic E-state index is 0.0588. The first-order chi connectivity index (χ1) is 6.67. The summed E-state index contributed by atoms with van der Waals surface area (Å²) in [5.74, 6) is -0.252. The molecule has 4 nitrogen and oxygen atoms in total. The van der Waals surface area contributed by atoms with Crippen molar-refractivity contribution >= 4 is 17.5 Å². The first kappa shape index (κ1) is 11.1. The topological polar surface area (TPSA) is 65.1 Å². The molecule has 0 aliphatic rings. The van der Waals surface area contributed by atoms with E-state index in [-0.39, 0.29) is 18.6 Å². The van der Waals surface area contributed by atoms with Crippen LogP contribution in [0.1, 0.15) is 23.8 Å². The Hall–Kier alpha value is -1.00. The molecule has 1 aromatic rings. The van der Waals surface area contributed by atoms with Gasteiger partial charge >= 0.3 is 0 Å². The van der Waals surface area contributed by atoms with Crippen LogP contribution in [0, 0.1) is 0 Å². The van der Waals surface area contributed by atoms with Gasteiger partial charge in [0.15, 0.2) is 0 Å². The first-order valence-corrected chi connectivity index (χ1v) is 4.80. The summed E-state index contributed by atoms with van der Waals surface area (Å²) in [4.78, 5) is 14.2. The van der Waals surface area contributed by atoms with Gasteiger partial charge in [-0.05, 0) is 12.5 Å². The molecule has 0 fully saturated rings. The highest BCUT2D eigenvalue weighted by atomic mass is 35.5. The number of nitrogens with one attached hydrogen (secondary N) is 2. The van der Waals surface area contributed by atoms with Gasteiger partial charge in [-0.3, -0.25) is 4.79 Å². The van der Waals surface area contributed by atoms with E-state index in [1.165, 1.54) is 6.20 Å². The van der Waals surface area contributed by atoms with E-state index in [1.807, 2.05) is 6.92 Å². The van der Waals surface area contributed by atoms with Gasteiger partial charge in [0, 0.05) is 6.20 Å². The van der Waals surface area contributed by atoms with Crippen LogP contribution in [0.25, 0.3) is 0 Å². The minimum atomic E-state index is -0.252. The molecular weight excluding hydrogens is 204 g/mol. The van der Waals surface area contributed by atoms with E-state index in [1.54, 1.807) is 6.07 Å². The molecule has 0 aliphatic carbocycles. The number of aliphatic hydroxyl groups excluding tert-OH is 1. The Morgan fingerprint density at radius 3 is 2.93 bits per heavy atom. The van der Waals surface area contributed by atoms with Crippen LogP contribution in [0.5, 0.6) is 0 Å². The SMILES string of the molecule is CCC(CO)NC(=O)c1cc(Cl)c[nH]1. The third-order valence-electron chi connectivity index (χ3n) is 1.94. The standard InChI is InChI=1S/C9H13ClN2O2/c1-2-7(5-13)12-9(14)8-3-6(10)4-11-8/h3-4,7,11,13H,2,5H2,1H3,(H,12,14). The number of H-pyrrole nitrogens is 1. The van der Waals surface area contributed by atoms with Gasteiger partial charge in [-0.15, -0.1) is 0 Å². The zero-order valence-corrected chi connectivity index (χ0v) is 8.64. The van der Waals surface area contributed by atoms with Crippen LogP contribution in [0.2, 0.25) is 5.02 Å². The van der Waals surface area contributed by atoms with Crippen molar-refractivity contribution in [1.82, 2.24) is 10.3 Å². The monoisotopic (exact) mass is 216 g/mol. The molecule has 1 unspecified atom stereocenters. The van der Waals surface area contributed by atoms with Crippen LogP contribution in [0.15, 0.2) is 12.3 Å². The number of carbonyl (C=O) groups is 1. The molecule has 1 atom stereocenters. The fraction of sp³-hybridized carbons (Fsp3) is 0.444. The van der Waals surface area contributed by atoms with E-state index in [0.29, 0.717) is 17.1 Å². The van der Waals surface area contributed by atoms with E-state index in [2.05, 4.69) is 10.3 Å². The summed E-state index contributed by atoms with van der Waals surface area (Å²) in [7, 11) is 0. The minimum Gasteiger partial charge on any atom is -0.394 e. The van der Waals surface area contributed by atoms with Crippen molar-refractivity contribution in [3.8, 4) is 0 Å². The number of rotatable bonds is 4. The Balaban J connectivity index is 2.58. The first-order valence-electron chi connectivity index (χ1n) is 4.43. The average Bonchev–Trinajstić information content (AvgIpc) is 2.61. The van der Waals surface area contributed by atoms with Crippen molar-refractivity contribution in [2.24, 2.45) is 0 Å². The summed E-state index contributed by atoms with van der Waals surface area (Å²) < 4.78 is 0. The molecule has 14 heavy (non-hydrogen) atoms. The molecule has 1 amide bonds. The van der Waals surface area contributed by atoms with Gasteiger partial charge in [0.25, 0.3) is 5.91 Å². The molecule has 1 rings (SSSR count). The average molecular weight is 217 g/mol. The second-order valence-corrected chi connectivity index (χ2v) is 3.43. The molecule has 1 heterocycles. The van der Waals surface area contributed by atoms with Crippen LogP contribution < -0.4 is 5.32 Å². The van der Waals surface area contributed by atoms with Crippen molar-refractivity contribution in [2.75, 3.05) is 6.61 Å². The van der Waals surface area contributed by atoms with Crippen molar-refractivity contribution in [2.45, 2.75) is 19.4 Å². The lowest BCUT2D eigenvalue weighted by molar-refractivity contribution is 0.0910. The Bertz CT molecular complexity index is 308. The maximum atomic E-state index is 11.5. The summed E-state index contributed by atoms with van der Waals surface area (Å²) in [6, 6.07) is 1.34. The Kier molecular flexibility index (Phi) is 3.98. The summed E-state index contributed by atoms with van der Waals surface area (Å²) in [6.45, 7) is 1.83. The van der Waals surface area contributed by atoms with Gasteiger partial charge in [0.1, 0.15) is 5.69 Å². The molecule has 0 aromatic carbocycles. The quantitative estimate of drug-likeness (QED) is 0.708. The number of halogens is 1. The number of hydrogen-bond donors (Lipinski definition) is 3. The molecular formula is C9H13ClN2O2. The second kappa shape index (κ2) is 5.02.